The highest BCUT2D eigenvalue weighted by Gasteiger charge is 2.10. The molecule has 1 heterocycles. The first kappa shape index (κ1) is 15.1. The summed E-state index contributed by atoms with van der Waals surface area (Å²) < 4.78 is 0. The minimum atomic E-state index is 0.730. The molecule has 1 heteroatoms. The Balaban J connectivity index is 1.85. The maximum atomic E-state index is 3.43. The van der Waals surface area contributed by atoms with E-state index in [1.54, 1.807) is 0 Å². The average Bonchev–Trinajstić information content (AvgIpc) is 2.56. The van der Waals surface area contributed by atoms with E-state index in [0.717, 1.165) is 19.0 Å². The lowest BCUT2D eigenvalue weighted by Crippen LogP contribution is -2.26. The Bertz CT molecular complexity index is 626. The maximum Gasteiger partial charge on any atom is -0.00433 e. The minimum Gasteiger partial charge on any atom is -0.317 e. The van der Waals surface area contributed by atoms with Crippen molar-refractivity contribution in [3.63, 3.8) is 0 Å². The molecule has 0 radical (unpaired) electrons. The van der Waals surface area contributed by atoms with Crippen molar-refractivity contribution in [2.24, 2.45) is 5.92 Å². The second kappa shape index (κ2) is 6.93. The molecule has 1 saturated heterocycles. The topological polar surface area (TPSA) is 12.0 Å². The molecule has 2 aromatic carbocycles. The van der Waals surface area contributed by atoms with E-state index in [4.69, 9.17) is 0 Å². The van der Waals surface area contributed by atoms with Gasteiger partial charge in [-0.1, -0.05) is 54.6 Å². The SMILES string of the molecule is Cc1cc(-c2ccccc2)cc(C)c1C=CC1CCNCC1. The summed E-state index contributed by atoms with van der Waals surface area (Å²) in [6.07, 6.45) is 7.28. The Hall–Kier alpha value is -1.86. The van der Waals surface area contributed by atoms with Crippen LogP contribution >= 0.6 is 0 Å². The number of benzene rings is 2. The van der Waals surface area contributed by atoms with Gasteiger partial charge in [0, 0.05) is 0 Å². The van der Waals surface area contributed by atoms with E-state index in [9.17, 15) is 0 Å². The normalized spacial score (nSPS) is 16.3. The van der Waals surface area contributed by atoms with E-state index < -0.39 is 0 Å². The first-order chi connectivity index (χ1) is 10.7. The third-order valence-corrected chi connectivity index (χ3v) is 4.62. The van der Waals surface area contributed by atoms with Crippen LogP contribution in [-0.2, 0) is 0 Å². The van der Waals surface area contributed by atoms with Crippen LogP contribution in [0.15, 0.2) is 48.5 Å². The van der Waals surface area contributed by atoms with E-state index in [1.807, 2.05) is 0 Å². The summed E-state index contributed by atoms with van der Waals surface area (Å²) in [5.74, 6) is 0.730. The zero-order valence-corrected chi connectivity index (χ0v) is 13.6. The highest BCUT2D eigenvalue weighted by atomic mass is 14.9. The molecule has 0 spiro atoms. The molecule has 1 aliphatic rings. The molecule has 3 rings (SSSR count). The van der Waals surface area contributed by atoms with Crippen molar-refractivity contribution >= 4 is 6.08 Å². The molecular weight excluding hydrogens is 266 g/mol. The zero-order chi connectivity index (χ0) is 15.4. The number of hydrogen-bond donors (Lipinski definition) is 1. The molecule has 22 heavy (non-hydrogen) atoms. The quantitative estimate of drug-likeness (QED) is 0.840. The zero-order valence-electron chi connectivity index (χ0n) is 13.6. The molecule has 0 unspecified atom stereocenters. The van der Waals surface area contributed by atoms with Gasteiger partial charge in [0.2, 0.25) is 0 Å². The number of aryl methyl sites for hydroxylation is 2. The molecule has 1 fully saturated rings. The molecule has 0 bridgehead atoms. The predicted molar refractivity (Wildman–Crippen MR) is 96.0 cm³/mol. The van der Waals surface area contributed by atoms with Crippen LogP contribution in [0.25, 0.3) is 17.2 Å². The summed E-state index contributed by atoms with van der Waals surface area (Å²) in [6.45, 7) is 6.75. The first-order valence-corrected chi connectivity index (χ1v) is 8.29. The Kier molecular flexibility index (Phi) is 4.74. The van der Waals surface area contributed by atoms with Crippen LogP contribution in [0.2, 0.25) is 0 Å². The van der Waals surface area contributed by atoms with Crippen LogP contribution in [0, 0.1) is 19.8 Å². The monoisotopic (exact) mass is 291 g/mol. The Morgan fingerprint density at radius 1 is 0.909 bits per heavy atom. The molecule has 2 aromatic rings. The Morgan fingerprint density at radius 2 is 1.55 bits per heavy atom. The second-order valence-corrected chi connectivity index (χ2v) is 6.34. The summed E-state index contributed by atoms with van der Waals surface area (Å²) in [6, 6.07) is 15.3. The van der Waals surface area contributed by atoms with E-state index in [0.29, 0.717) is 0 Å². The van der Waals surface area contributed by atoms with Crippen LogP contribution in [0.4, 0.5) is 0 Å². The first-order valence-electron chi connectivity index (χ1n) is 8.29. The third kappa shape index (κ3) is 3.48. The standard InChI is InChI=1S/C21H25N/c1-16-14-20(19-6-4-3-5-7-19)15-17(2)21(16)9-8-18-10-12-22-13-11-18/h3-9,14-15,18,22H,10-13H2,1-2H3. The number of rotatable bonds is 3. The fraction of sp³-hybridized carbons (Fsp3) is 0.333. The lowest BCUT2D eigenvalue weighted by molar-refractivity contribution is 0.438. The van der Waals surface area contributed by atoms with Crippen LogP contribution in [0.3, 0.4) is 0 Å². The number of allylic oxidation sites excluding steroid dienone is 1. The molecule has 114 valence electrons. The molecular formula is C21H25N. The Labute approximate surface area is 134 Å². The van der Waals surface area contributed by atoms with Crippen LogP contribution in [-0.4, -0.2) is 13.1 Å². The number of piperidine rings is 1. The van der Waals surface area contributed by atoms with E-state index in [2.05, 4.69) is 73.8 Å². The van der Waals surface area contributed by atoms with Crippen molar-refractivity contribution in [1.82, 2.24) is 5.32 Å². The van der Waals surface area contributed by atoms with Gasteiger partial charge in [-0.05, 0) is 73.5 Å². The van der Waals surface area contributed by atoms with E-state index in [-0.39, 0.29) is 0 Å². The smallest absolute Gasteiger partial charge is 0.00433 e. The summed E-state index contributed by atoms with van der Waals surface area (Å²) in [7, 11) is 0. The van der Waals surface area contributed by atoms with Crippen molar-refractivity contribution in [1.29, 1.82) is 0 Å². The van der Waals surface area contributed by atoms with Gasteiger partial charge < -0.3 is 5.32 Å². The van der Waals surface area contributed by atoms with Gasteiger partial charge in [-0.2, -0.15) is 0 Å². The summed E-state index contributed by atoms with van der Waals surface area (Å²) in [5, 5.41) is 3.43. The van der Waals surface area contributed by atoms with Crippen molar-refractivity contribution in [3.05, 3.63) is 65.2 Å². The third-order valence-electron chi connectivity index (χ3n) is 4.62. The van der Waals surface area contributed by atoms with Gasteiger partial charge in [0.15, 0.2) is 0 Å². The largest absolute Gasteiger partial charge is 0.317 e. The fourth-order valence-electron chi connectivity index (χ4n) is 3.30. The van der Waals surface area contributed by atoms with Gasteiger partial charge in [-0.25, -0.2) is 0 Å². The lowest BCUT2D eigenvalue weighted by atomic mass is 9.92. The van der Waals surface area contributed by atoms with Crippen LogP contribution in [0.5, 0.6) is 0 Å². The molecule has 0 aromatic heterocycles. The van der Waals surface area contributed by atoms with E-state index in [1.165, 1.54) is 40.7 Å². The summed E-state index contributed by atoms with van der Waals surface area (Å²) in [4.78, 5) is 0. The van der Waals surface area contributed by atoms with Gasteiger partial charge in [0.1, 0.15) is 0 Å². The number of nitrogens with one attached hydrogen (secondary N) is 1. The molecule has 0 amide bonds. The minimum absolute atomic E-state index is 0.730. The van der Waals surface area contributed by atoms with Gasteiger partial charge in [0.25, 0.3) is 0 Å². The average molecular weight is 291 g/mol. The van der Waals surface area contributed by atoms with Crippen LogP contribution < -0.4 is 5.32 Å². The van der Waals surface area contributed by atoms with Crippen molar-refractivity contribution in [3.8, 4) is 11.1 Å². The van der Waals surface area contributed by atoms with Gasteiger partial charge in [-0.3, -0.25) is 0 Å². The van der Waals surface area contributed by atoms with E-state index >= 15 is 0 Å². The molecule has 0 saturated carbocycles. The van der Waals surface area contributed by atoms with Gasteiger partial charge >= 0.3 is 0 Å². The molecule has 0 atom stereocenters. The fourth-order valence-corrected chi connectivity index (χ4v) is 3.30. The van der Waals surface area contributed by atoms with Crippen molar-refractivity contribution in [2.45, 2.75) is 26.7 Å². The van der Waals surface area contributed by atoms with Gasteiger partial charge in [-0.15, -0.1) is 0 Å². The molecule has 0 aliphatic carbocycles. The predicted octanol–water partition coefficient (Wildman–Crippen LogP) is 4.98. The van der Waals surface area contributed by atoms with Gasteiger partial charge in [0.05, 0.1) is 0 Å². The lowest BCUT2D eigenvalue weighted by Gasteiger charge is -2.19. The molecule has 1 N–H and O–H groups in total. The summed E-state index contributed by atoms with van der Waals surface area (Å²) in [5.41, 5.74) is 6.73. The van der Waals surface area contributed by atoms with Crippen molar-refractivity contribution in [2.75, 3.05) is 13.1 Å². The number of hydrogen-bond acceptors (Lipinski definition) is 1. The highest BCUT2D eigenvalue weighted by Crippen LogP contribution is 2.26. The molecule has 1 aliphatic heterocycles. The highest BCUT2D eigenvalue weighted by molar-refractivity contribution is 5.70. The molecule has 1 nitrogen and oxygen atoms in total. The van der Waals surface area contributed by atoms with Crippen LogP contribution in [0.1, 0.15) is 29.5 Å². The second-order valence-electron chi connectivity index (χ2n) is 6.34. The maximum absolute atomic E-state index is 3.43. The summed E-state index contributed by atoms with van der Waals surface area (Å²) >= 11 is 0. The van der Waals surface area contributed by atoms with Crippen molar-refractivity contribution < 1.29 is 0 Å². The Morgan fingerprint density at radius 3 is 2.18 bits per heavy atom.